The van der Waals surface area contributed by atoms with Crippen LogP contribution in [0, 0.1) is 17.0 Å². The molecule has 0 radical (unpaired) electrons. The third-order valence-corrected chi connectivity index (χ3v) is 5.54. The molecule has 0 aromatic heterocycles. The number of carbonyl (C=O) groups excluding carboxylic acids is 1. The van der Waals surface area contributed by atoms with Crippen LogP contribution in [0.15, 0.2) is 71.6 Å². The zero-order valence-corrected chi connectivity index (χ0v) is 17.3. The van der Waals surface area contributed by atoms with E-state index in [0.29, 0.717) is 27.0 Å². The summed E-state index contributed by atoms with van der Waals surface area (Å²) < 4.78 is 15.3. The molecule has 30 heavy (non-hydrogen) atoms. The van der Waals surface area contributed by atoms with Gasteiger partial charge in [-0.05, 0) is 61.0 Å². The maximum absolute atomic E-state index is 12.4. The highest BCUT2D eigenvalue weighted by Crippen LogP contribution is 2.21. The fourth-order valence-electron chi connectivity index (χ4n) is 2.51. The van der Waals surface area contributed by atoms with E-state index in [4.69, 9.17) is 11.6 Å². The van der Waals surface area contributed by atoms with Crippen LogP contribution in [0.3, 0.4) is 0 Å². The third-order valence-electron chi connectivity index (χ3n) is 4.01. The molecule has 2 amide bonds. The maximum Gasteiger partial charge on any atom is 0.323 e. The lowest BCUT2D eigenvalue weighted by atomic mass is 10.2. The molecule has 8 nitrogen and oxygen atoms in total. The topological polar surface area (TPSA) is 113 Å². The van der Waals surface area contributed by atoms with Gasteiger partial charge in [0.2, 0.25) is 0 Å². The number of anilines is 3. The van der Waals surface area contributed by atoms with Crippen molar-refractivity contribution in [2.24, 2.45) is 0 Å². The van der Waals surface area contributed by atoms with Crippen molar-refractivity contribution in [3.63, 3.8) is 0 Å². The molecule has 0 bridgehead atoms. The monoisotopic (exact) mass is 444 g/mol. The Morgan fingerprint density at radius 1 is 0.967 bits per heavy atom. The number of aryl methyl sites for hydroxylation is 1. The first-order valence-electron chi connectivity index (χ1n) is 8.69. The van der Waals surface area contributed by atoms with Gasteiger partial charge < -0.3 is 15.4 Å². The van der Waals surface area contributed by atoms with Crippen LogP contribution in [0.5, 0.6) is 0 Å². The highest BCUT2D eigenvalue weighted by atomic mass is 35.5. The summed E-state index contributed by atoms with van der Waals surface area (Å²) in [4.78, 5) is 23.0. The average Bonchev–Trinajstić information content (AvgIpc) is 2.71. The molecular formula is C20H17ClN4O4S. The number of hydrogen-bond donors (Lipinski definition) is 3. The van der Waals surface area contributed by atoms with Crippen molar-refractivity contribution in [1.82, 2.24) is 0 Å². The second kappa shape index (κ2) is 9.38. The van der Waals surface area contributed by atoms with Crippen LogP contribution in [0.2, 0.25) is 5.02 Å². The molecule has 0 fully saturated rings. The zero-order valence-electron chi connectivity index (χ0n) is 15.7. The number of rotatable bonds is 6. The van der Waals surface area contributed by atoms with E-state index in [1.165, 1.54) is 18.2 Å². The van der Waals surface area contributed by atoms with Gasteiger partial charge in [-0.15, -0.1) is 0 Å². The lowest BCUT2D eigenvalue weighted by molar-refractivity contribution is -0.384. The van der Waals surface area contributed by atoms with Crippen molar-refractivity contribution in [1.29, 1.82) is 0 Å². The first-order valence-corrected chi connectivity index (χ1v) is 10.2. The second-order valence-corrected chi connectivity index (χ2v) is 7.87. The minimum absolute atomic E-state index is 0.118. The number of non-ortho nitro benzene ring substituents is 1. The zero-order chi connectivity index (χ0) is 21.7. The van der Waals surface area contributed by atoms with Crippen molar-refractivity contribution >= 4 is 51.4 Å². The fourth-order valence-corrected chi connectivity index (χ4v) is 3.57. The number of nitro benzene ring substituents is 1. The SMILES string of the molecule is Cc1cc(S(=O)Nc2ccc(NC(=O)Nc3cccc([N+](=O)[O-])c3)cc2)ccc1Cl. The first-order chi connectivity index (χ1) is 14.3. The summed E-state index contributed by atoms with van der Waals surface area (Å²) in [5.74, 6) is 0. The van der Waals surface area contributed by atoms with Gasteiger partial charge in [-0.2, -0.15) is 0 Å². The van der Waals surface area contributed by atoms with E-state index < -0.39 is 21.9 Å². The number of halogens is 1. The summed E-state index contributed by atoms with van der Waals surface area (Å²) in [6.07, 6.45) is 0. The molecule has 0 aliphatic heterocycles. The van der Waals surface area contributed by atoms with E-state index in [1.807, 2.05) is 6.92 Å². The Labute approximate surface area is 180 Å². The van der Waals surface area contributed by atoms with Crippen molar-refractivity contribution < 1.29 is 13.9 Å². The Hall–Kier alpha value is -3.43. The molecule has 3 rings (SSSR count). The van der Waals surface area contributed by atoms with Crippen LogP contribution in [0.1, 0.15) is 5.56 Å². The van der Waals surface area contributed by atoms with E-state index in [9.17, 15) is 19.1 Å². The average molecular weight is 445 g/mol. The molecular weight excluding hydrogens is 428 g/mol. The molecule has 3 N–H and O–H groups in total. The molecule has 10 heteroatoms. The van der Waals surface area contributed by atoms with Gasteiger partial charge in [0.05, 0.1) is 9.82 Å². The molecule has 0 heterocycles. The van der Waals surface area contributed by atoms with Gasteiger partial charge in [0.25, 0.3) is 5.69 Å². The van der Waals surface area contributed by atoms with Gasteiger partial charge in [-0.25, -0.2) is 9.00 Å². The lowest BCUT2D eigenvalue weighted by Gasteiger charge is -2.10. The fraction of sp³-hybridized carbons (Fsp3) is 0.0500. The summed E-state index contributed by atoms with van der Waals surface area (Å²) in [6, 6.07) is 16.8. The third kappa shape index (κ3) is 5.56. The summed E-state index contributed by atoms with van der Waals surface area (Å²) in [7, 11) is -1.47. The number of nitrogens with zero attached hydrogens (tertiary/aromatic N) is 1. The molecule has 154 valence electrons. The highest BCUT2D eigenvalue weighted by molar-refractivity contribution is 7.86. The number of urea groups is 1. The quantitative estimate of drug-likeness (QED) is 0.352. The predicted molar refractivity (Wildman–Crippen MR) is 118 cm³/mol. The van der Waals surface area contributed by atoms with Crippen molar-refractivity contribution in [3.05, 3.63) is 87.4 Å². The van der Waals surface area contributed by atoms with Crippen LogP contribution >= 0.6 is 11.6 Å². The van der Waals surface area contributed by atoms with Gasteiger partial charge in [0.1, 0.15) is 11.0 Å². The Balaban J connectivity index is 1.59. The van der Waals surface area contributed by atoms with E-state index in [0.717, 1.165) is 5.56 Å². The Kier molecular flexibility index (Phi) is 6.65. The molecule has 1 unspecified atom stereocenters. The number of carbonyl (C=O) groups is 1. The highest BCUT2D eigenvalue weighted by Gasteiger charge is 2.09. The van der Waals surface area contributed by atoms with E-state index in [-0.39, 0.29) is 5.69 Å². The molecule has 0 aliphatic carbocycles. The van der Waals surface area contributed by atoms with Crippen molar-refractivity contribution in [2.75, 3.05) is 15.4 Å². The van der Waals surface area contributed by atoms with Gasteiger partial charge in [-0.1, -0.05) is 17.7 Å². The van der Waals surface area contributed by atoms with Crippen LogP contribution in [-0.2, 0) is 11.0 Å². The number of hydrogen-bond acceptors (Lipinski definition) is 4. The summed E-state index contributed by atoms with van der Waals surface area (Å²) in [5, 5.41) is 16.6. The smallest absolute Gasteiger partial charge is 0.308 e. The molecule has 0 spiro atoms. The molecule has 3 aromatic rings. The molecule has 3 aromatic carbocycles. The standard InChI is InChI=1S/C20H17ClN4O4S/c1-13-11-18(9-10-19(13)21)30(29)24-15-7-5-14(6-8-15)22-20(26)23-16-3-2-4-17(12-16)25(27)28/h2-12,24H,1H3,(H2,22,23,26). The van der Waals surface area contributed by atoms with Crippen LogP contribution in [-0.4, -0.2) is 15.2 Å². The van der Waals surface area contributed by atoms with Crippen molar-refractivity contribution in [2.45, 2.75) is 11.8 Å². The largest absolute Gasteiger partial charge is 0.323 e. The number of benzene rings is 3. The normalized spacial score (nSPS) is 11.4. The summed E-state index contributed by atoms with van der Waals surface area (Å²) in [5.41, 5.74) is 2.11. The van der Waals surface area contributed by atoms with Gasteiger partial charge in [-0.3, -0.25) is 10.1 Å². The van der Waals surface area contributed by atoms with Crippen molar-refractivity contribution in [3.8, 4) is 0 Å². The van der Waals surface area contributed by atoms with Gasteiger partial charge >= 0.3 is 6.03 Å². The minimum atomic E-state index is -1.47. The number of nitro groups is 1. The first kappa shape index (κ1) is 21.3. The maximum atomic E-state index is 12.4. The number of nitrogens with one attached hydrogen (secondary N) is 3. The Morgan fingerprint density at radius 3 is 2.30 bits per heavy atom. The predicted octanol–water partition coefficient (Wildman–Crippen LogP) is 5.34. The summed E-state index contributed by atoms with van der Waals surface area (Å²) in [6.45, 7) is 1.84. The molecule has 0 saturated heterocycles. The van der Waals surface area contributed by atoms with Gasteiger partial charge in [0, 0.05) is 34.2 Å². The molecule has 0 aliphatic rings. The molecule has 1 atom stereocenters. The van der Waals surface area contributed by atoms with E-state index >= 15 is 0 Å². The summed E-state index contributed by atoms with van der Waals surface area (Å²) >= 11 is 5.99. The second-order valence-electron chi connectivity index (χ2n) is 6.25. The lowest BCUT2D eigenvalue weighted by Crippen LogP contribution is -2.19. The van der Waals surface area contributed by atoms with E-state index in [2.05, 4.69) is 15.4 Å². The number of amides is 2. The van der Waals surface area contributed by atoms with Crippen LogP contribution in [0.25, 0.3) is 0 Å². The van der Waals surface area contributed by atoms with Crippen LogP contribution in [0.4, 0.5) is 27.5 Å². The Bertz CT molecular complexity index is 1120. The molecule has 0 saturated carbocycles. The minimum Gasteiger partial charge on any atom is -0.308 e. The Morgan fingerprint density at radius 2 is 1.63 bits per heavy atom. The van der Waals surface area contributed by atoms with E-state index in [1.54, 1.807) is 48.5 Å². The van der Waals surface area contributed by atoms with Crippen LogP contribution < -0.4 is 15.4 Å². The van der Waals surface area contributed by atoms with Gasteiger partial charge in [0.15, 0.2) is 0 Å².